The molecular formula is C17H19NO2. The summed E-state index contributed by atoms with van der Waals surface area (Å²) in [5.74, 6) is -0.304. The van der Waals surface area contributed by atoms with E-state index in [0.29, 0.717) is 5.56 Å². The van der Waals surface area contributed by atoms with Crippen LogP contribution in [0.3, 0.4) is 0 Å². The van der Waals surface area contributed by atoms with Gasteiger partial charge in [0.25, 0.3) is 0 Å². The van der Waals surface area contributed by atoms with E-state index in [1.54, 1.807) is 12.1 Å². The first-order valence-electron chi connectivity index (χ1n) is 6.66. The van der Waals surface area contributed by atoms with Crippen molar-refractivity contribution in [3.05, 3.63) is 71.3 Å². The molecule has 20 heavy (non-hydrogen) atoms. The second-order valence-electron chi connectivity index (χ2n) is 4.70. The highest BCUT2D eigenvalue weighted by Crippen LogP contribution is 2.12. The van der Waals surface area contributed by atoms with Gasteiger partial charge in [-0.15, -0.1) is 0 Å². The Bertz CT molecular complexity index is 549. The molecule has 0 bridgehead atoms. The van der Waals surface area contributed by atoms with Crippen LogP contribution >= 0.6 is 0 Å². The number of hydrogen-bond acceptors (Lipinski definition) is 3. The minimum Gasteiger partial charge on any atom is -0.465 e. The quantitative estimate of drug-likeness (QED) is 0.846. The van der Waals surface area contributed by atoms with E-state index in [1.807, 2.05) is 30.3 Å². The second-order valence-corrected chi connectivity index (χ2v) is 4.70. The van der Waals surface area contributed by atoms with Gasteiger partial charge in [0.1, 0.15) is 0 Å². The van der Waals surface area contributed by atoms with E-state index in [0.717, 1.165) is 12.1 Å². The van der Waals surface area contributed by atoms with Crippen LogP contribution in [0.4, 0.5) is 0 Å². The predicted octanol–water partition coefficient (Wildman–Crippen LogP) is 3.32. The molecule has 0 fully saturated rings. The van der Waals surface area contributed by atoms with Crippen molar-refractivity contribution >= 4 is 5.97 Å². The van der Waals surface area contributed by atoms with Crippen molar-refractivity contribution in [3.8, 4) is 0 Å². The van der Waals surface area contributed by atoms with Crippen LogP contribution in [-0.2, 0) is 11.3 Å². The lowest BCUT2D eigenvalue weighted by Gasteiger charge is -2.14. The first-order chi connectivity index (χ1) is 9.70. The first kappa shape index (κ1) is 14.3. The van der Waals surface area contributed by atoms with Gasteiger partial charge in [0.15, 0.2) is 0 Å². The number of benzene rings is 2. The SMILES string of the molecule is COC(=O)c1ccc(CNC(C)c2ccccc2)cc1. The van der Waals surface area contributed by atoms with Gasteiger partial charge < -0.3 is 10.1 Å². The fraction of sp³-hybridized carbons (Fsp3) is 0.235. The van der Waals surface area contributed by atoms with E-state index in [4.69, 9.17) is 0 Å². The molecule has 1 unspecified atom stereocenters. The summed E-state index contributed by atoms with van der Waals surface area (Å²) >= 11 is 0. The van der Waals surface area contributed by atoms with Crippen molar-refractivity contribution in [1.82, 2.24) is 5.32 Å². The normalized spacial score (nSPS) is 11.9. The van der Waals surface area contributed by atoms with Gasteiger partial charge in [-0.25, -0.2) is 4.79 Å². The molecule has 3 heteroatoms. The summed E-state index contributed by atoms with van der Waals surface area (Å²) in [6.07, 6.45) is 0. The zero-order chi connectivity index (χ0) is 14.4. The number of esters is 1. The van der Waals surface area contributed by atoms with Crippen LogP contribution in [0, 0.1) is 0 Å². The summed E-state index contributed by atoms with van der Waals surface area (Å²) in [6, 6.07) is 18.1. The van der Waals surface area contributed by atoms with Crippen LogP contribution in [0.25, 0.3) is 0 Å². The lowest BCUT2D eigenvalue weighted by atomic mass is 10.1. The molecule has 0 heterocycles. The van der Waals surface area contributed by atoms with Gasteiger partial charge >= 0.3 is 5.97 Å². The van der Waals surface area contributed by atoms with Gasteiger partial charge in [-0.3, -0.25) is 0 Å². The summed E-state index contributed by atoms with van der Waals surface area (Å²) in [6.45, 7) is 2.90. The van der Waals surface area contributed by atoms with Gasteiger partial charge in [-0.1, -0.05) is 42.5 Å². The first-order valence-corrected chi connectivity index (χ1v) is 6.66. The van der Waals surface area contributed by atoms with Gasteiger partial charge in [-0.05, 0) is 30.2 Å². The van der Waals surface area contributed by atoms with Crippen molar-refractivity contribution in [2.24, 2.45) is 0 Å². The van der Waals surface area contributed by atoms with Crippen LogP contribution in [0.2, 0.25) is 0 Å². The average molecular weight is 269 g/mol. The number of rotatable bonds is 5. The van der Waals surface area contributed by atoms with Gasteiger partial charge in [0.2, 0.25) is 0 Å². The molecule has 2 aromatic rings. The highest BCUT2D eigenvalue weighted by molar-refractivity contribution is 5.89. The third kappa shape index (κ3) is 3.68. The molecule has 0 aromatic heterocycles. The minimum atomic E-state index is -0.304. The van der Waals surface area contributed by atoms with Crippen molar-refractivity contribution in [3.63, 3.8) is 0 Å². The summed E-state index contributed by atoms with van der Waals surface area (Å²) in [4.78, 5) is 11.3. The van der Waals surface area contributed by atoms with Crippen molar-refractivity contribution in [2.75, 3.05) is 7.11 Å². The van der Waals surface area contributed by atoms with Crippen molar-refractivity contribution in [2.45, 2.75) is 19.5 Å². The lowest BCUT2D eigenvalue weighted by molar-refractivity contribution is 0.0600. The fourth-order valence-electron chi connectivity index (χ4n) is 2.01. The van der Waals surface area contributed by atoms with E-state index >= 15 is 0 Å². The number of methoxy groups -OCH3 is 1. The molecule has 1 N–H and O–H groups in total. The predicted molar refractivity (Wildman–Crippen MR) is 79.5 cm³/mol. The molecule has 0 spiro atoms. The number of carbonyl (C=O) groups excluding carboxylic acids is 1. The van der Waals surface area contributed by atoms with E-state index in [1.165, 1.54) is 12.7 Å². The molecule has 1 atom stereocenters. The van der Waals surface area contributed by atoms with Gasteiger partial charge in [0, 0.05) is 12.6 Å². The maximum absolute atomic E-state index is 11.3. The minimum absolute atomic E-state index is 0.288. The van der Waals surface area contributed by atoms with Crippen LogP contribution in [0.1, 0.15) is 34.5 Å². The maximum Gasteiger partial charge on any atom is 0.337 e. The lowest BCUT2D eigenvalue weighted by Crippen LogP contribution is -2.18. The molecule has 0 amide bonds. The summed E-state index contributed by atoms with van der Waals surface area (Å²) in [7, 11) is 1.39. The molecular weight excluding hydrogens is 250 g/mol. The number of nitrogens with one attached hydrogen (secondary N) is 1. The molecule has 2 aromatic carbocycles. The molecule has 104 valence electrons. The molecule has 3 nitrogen and oxygen atoms in total. The van der Waals surface area contributed by atoms with Crippen molar-refractivity contribution in [1.29, 1.82) is 0 Å². The zero-order valence-corrected chi connectivity index (χ0v) is 11.8. The van der Waals surface area contributed by atoms with E-state index < -0.39 is 0 Å². The monoisotopic (exact) mass is 269 g/mol. The van der Waals surface area contributed by atoms with Crippen LogP contribution < -0.4 is 5.32 Å². The summed E-state index contributed by atoms with van der Waals surface area (Å²) in [5, 5.41) is 3.46. The maximum atomic E-state index is 11.3. The van der Waals surface area contributed by atoms with Gasteiger partial charge in [0.05, 0.1) is 12.7 Å². The summed E-state index contributed by atoms with van der Waals surface area (Å²) < 4.78 is 4.68. The Hall–Kier alpha value is -2.13. The van der Waals surface area contributed by atoms with E-state index in [-0.39, 0.29) is 12.0 Å². The molecule has 2 rings (SSSR count). The largest absolute Gasteiger partial charge is 0.465 e. The van der Waals surface area contributed by atoms with Gasteiger partial charge in [-0.2, -0.15) is 0 Å². The molecule has 0 radical (unpaired) electrons. The number of ether oxygens (including phenoxy) is 1. The Balaban J connectivity index is 1.93. The third-order valence-electron chi connectivity index (χ3n) is 3.29. The zero-order valence-electron chi connectivity index (χ0n) is 11.8. The molecule has 0 aliphatic rings. The molecule has 0 aliphatic heterocycles. The number of carbonyl (C=O) groups is 1. The Morgan fingerprint density at radius 1 is 1.10 bits per heavy atom. The Morgan fingerprint density at radius 2 is 1.75 bits per heavy atom. The van der Waals surface area contributed by atoms with Crippen LogP contribution in [-0.4, -0.2) is 13.1 Å². The Labute approximate surface area is 119 Å². The van der Waals surface area contributed by atoms with E-state index in [9.17, 15) is 4.79 Å². The number of hydrogen-bond donors (Lipinski definition) is 1. The topological polar surface area (TPSA) is 38.3 Å². The molecule has 0 saturated carbocycles. The van der Waals surface area contributed by atoms with Crippen LogP contribution in [0.5, 0.6) is 0 Å². The highest BCUT2D eigenvalue weighted by atomic mass is 16.5. The second kappa shape index (κ2) is 6.87. The standard InChI is InChI=1S/C17H19NO2/c1-13(15-6-4-3-5-7-15)18-12-14-8-10-16(11-9-14)17(19)20-2/h3-11,13,18H,12H2,1-2H3. The van der Waals surface area contributed by atoms with Crippen molar-refractivity contribution < 1.29 is 9.53 Å². The smallest absolute Gasteiger partial charge is 0.337 e. The highest BCUT2D eigenvalue weighted by Gasteiger charge is 2.06. The molecule has 0 aliphatic carbocycles. The van der Waals surface area contributed by atoms with E-state index in [2.05, 4.69) is 29.1 Å². The Kier molecular flexibility index (Phi) is 4.91. The Morgan fingerprint density at radius 3 is 2.35 bits per heavy atom. The average Bonchev–Trinajstić information content (AvgIpc) is 2.53. The third-order valence-corrected chi connectivity index (χ3v) is 3.29. The van der Waals surface area contributed by atoms with Crippen LogP contribution in [0.15, 0.2) is 54.6 Å². The fourth-order valence-corrected chi connectivity index (χ4v) is 2.01. The molecule has 0 saturated heterocycles. The summed E-state index contributed by atoms with van der Waals surface area (Å²) in [5.41, 5.74) is 2.98.